The maximum absolute atomic E-state index is 11.7. The van der Waals surface area contributed by atoms with Crippen molar-refractivity contribution in [2.75, 3.05) is 0 Å². The van der Waals surface area contributed by atoms with E-state index in [0.29, 0.717) is 6.42 Å². The van der Waals surface area contributed by atoms with Crippen molar-refractivity contribution >= 4 is 11.9 Å². The summed E-state index contributed by atoms with van der Waals surface area (Å²) >= 11 is 0. The number of aliphatic hydroxyl groups excluding tert-OH is 1. The Morgan fingerprint density at radius 2 is 1.65 bits per heavy atom. The fraction of sp³-hybridized carbons (Fsp3) is 0.333. The topological polar surface area (TPSA) is 72.8 Å². The Kier molecular flexibility index (Phi) is 3.79. The molecule has 1 heterocycles. The number of aliphatic hydroxyl groups is 1. The number of carbonyl (C=O) groups is 2. The lowest BCUT2D eigenvalue weighted by Gasteiger charge is -2.30. The van der Waals surface area contributed by atoms with Gasteiger partial charge in [-0.3, -0.25) is 0 Å². The second-order valence-corrected chi connectivity index (χ2v) is 4.99. The highest BCUT2D eigenvalue weighted by Gasteiger charge is 2.40. The van der Waals surface area contributed by atoms with E-state index < -0.39 is 23.3 Å². The Bertz CT molecular complexity index is 535. The first-order valence-corrected chi connectivity index (χ1v) is 6.32. The van der Waals surface area contributed by atoms with E-state index in [1.807, 2.05) is 30.3 Å². The van der Waals surface area contributed by atoms with Gasteiger partial charge in [0.15, 0.2) is 5.57 Å². The molecule has 0 bridgehead atoms. The second kappa shape index (κ2) is 5.36. The largest absolute Gasteiger partial charge is 0.511 e. The van der Waals surface area contributed by atoms with Crippen LogP contribution in [0.4, 0.5) is 0 Å². The Morgan fingerprint density at radius 1 is 1.10 bits per heavy atom. The molecule has 0 unspecified atom stereocenters. The van der Waals surface area contributed by atoms with Gasteiger partial charge in [-0.25, -0.2) is 9.59 Å². The molecule has 1 saturated heterocycles. The summed E-state index contributed by atoms with van der Waals surface area (Å²) in [5, 5.41) is 9.92. The van der Waals surface area contributed by atoms with Crippen molar-refractivity contribution in [3.05, 3.63) is 47.2 Å². The van der Waals surface area contributed by atoms with Gasteiger partial charge in [0, 0.05) is 20.3 Å². The molecule has 0 aliphatic carbocycles. The summed E-state index contributed by atoms with van der Waals surface area (Å²) in [7, 11) is 0. The molecular weight excluding hydrogens is 260 g/mol. The average molecular weight is 276 g/mol. The van der Waals surface area contributed by atoms with Crippen LogP contribution < -0.4 is 0 Å². The Morgan fingerprint density at radius 3 is 2.20 bits per heavy atom. The van der Waals surface area contributed by atoms with E-state index in [4.69, 9.17) is 9.47 Å². The molecule has 1 aromatic carbocycles. The van der Waals surface area contributed by atoms with Crippen molar-refractivity contribution in [1.82, 2.24) is 0 Å². The SMILES string of the molecule is CC1(C)OC(=O)C(=C(O)CCc2ccccc2)C(=O)O1. The lowest BCUT2D eigenvalue weighted by molar-refractivity contribution is -0.222. The quantitative estimate of drug-likeness (QED) is 0.397. The Hall–Kier alpha value is -2.30. The smallest absolute Gasteiger partial charge is 0.352 e. The summed E-state index contributed by atoms with van der Waals surface area (Å²) in [6.07, 6.45) is 0.685. The molecule has 1 aromatic rings. The molecule has 0 aromatic heterocycles. The van der Waals surface area contributed by atoms with Gasteiger partial charge in [-0.1, -0.05) is 30.3 Å². The van der Waals surface area contributed by atoms with Gasteiger partial charge in [-0.2, -0.15) is 0 Å². The number of carbonyl (C=O) groups excluding carboxylic acids is 2. The van der Waals surface area contributed by atoms with Gasteiger partial charge in [0.25, 0.3) is 5.79 Å². The molecule has 0 saturated carbocycles. The zero-order chi connectivity index (χ0) is 14.8. The lowest BCUT2D eigenvalue weighted by atomic mass is 10.1. The first-order chi connectivity index (χ1) is 9.39. The molecule has 0 amide bonds. The Balaban J connectivity index is 2.11. The Labute approximate surface area is 116 Å². The number of rotatable bonds is 3. The third kappa shape index (κ3) is 3.17. The van der Waals surface area contributed by atoms with Crippen molar-refractivity contribution in [1.29, 1.82) is 0 Å². The minimum Gasteiger partial charge on any atom is -0.511 e. The fourth-order valence-electron chi connectivity index (χ4n) is 1.92. The summed E-state index contributed by atoms with van der Waals surface area (Å²) in [5.74, 6) is -3.30. The third-order valence-electron chi connectivity index (χ3n) is 2.87. The molecule has 5 heteroatoms. The van der Waals surface area contributed by atoms with Crippen molar-refractivity contribution in [2.45, 2.75) is 32.5 Å². The van der Waals surface area contributed by atoms with E-state index in [0.717, 1.165) is 5.56 Å². The monoisotopic (exact) mass is 276 g/mol. The fourth-order valence-corrected chi connectivity index (χ4v) is 1.92. The zero-order valence-corrected chi connectivity index (χ0v) is 11.4. The molecule has 0 radical (unpaired) electrons. The first kappa shape index (κ1) is 14.1. The van der Waals surface area contributed by atoms with Gasteiger partial charge in [0.2, 0.25) is 0 Å². The number of allylic oxidation sites excluding steroid dienone is 1. The molecule has 1 fully saturated rings. The van der Waals surface area contributed by atoms with Gasteiger partial charge in [0.05, 0.1) is 0 Å². The molecule has 0 spiro atoms. The van der Waals surface area contributed by atoms with E-state index in [9.17, 15) is 14.7 Å². The van der Waals surface area contributed by atoms with Crippen LogP contribution >= 0.6 is 0 Å². The van der Waals surface area contributed by atoms with Crippen molar-refractivity contribution < 1.29 is 24.2 Å². The van der Waals surface area contributed by atoms with Crippen LogP contribution in [0.15, 0.2) is 41.7 Å². The van der Waals surface area contributed by atoms with Gasteiger partial charge < -0.3 is 14.6 Å². The van der Waals surface area contributed by atoms with E-state index in [-0.39, 0.29) is 12.2 Å². The summed E-state index contributed by atoms with van der Waals surface area (Å²) in [6, 6.07) is 9.45. The maximum atomic E-state index is 11.7. The molecule has 106 valence electrons. The molecule has 1 aliphatic rings. The highest BCUT2D eigenvalue weighted by Crippen LogP contribution is 2.25. The maximum Gasteiger partial charge on any atom is 0.352 e. The summed E-state index contributed by atoms with van der Waals surface area (Å²) < 4.78 is 9.86. The number of aryl methyl sites for hydroxylation is 1. The van der Waals surface area contributed by atoms with Crippen LogP contribution in [0.2, 0.25) is 0 Å². The van der Waals surface area contributed by atoms with Crippen LogP contribution in [0, 0.1) is 0 Å². The molecule has 0 atom stereocenters. The van der Waals surface area contributed by atoms with E-state index in [1.54, 1.807) is 0 Å². The number of esters is 2. The number of ether oxygens (including phenoxy) is 2. The average Bonchev–Trinajstić information content (AvgIpc) is 2.35. The molecule has 20 heavy (non-hydrogen) atoms. The second-order valence-electron chi connectivity index (χ2n) is 4.99. The standard InChI is InChI=1S/C15H16O5/c1-15(2)19-13(17)12(14(18)20-15)11(16)9-8-10-6-4-3-5-7-10/h3-7,16H,8-9H2,1-2H3. The van der Waals surface area contributed by atoms with Gasteiger partial charge >= 0.3 is 11.9 Å². The summed E-state index contributed by atoms with van der Waals surface area (Å²) in [5.41, 5.74) is 0.581. The minimum atomic E-state index is -1.29. The van der Waals surface area contributed by atoms with Crippen LogP contribution in [0.1, 0.15) is 25.8 Å². The number of cyclic esters (lactones) is 2. The van der Waals surface area contributed by atoms with E-state index >= 15 is 0 Å². The molecule has 1 N–H and O–H groups in total. The molecule has 2 rings (SSSR count). The van der Waals surface area contributed by atoms with Crippen molar-refractivity contribution in [2.24, 2.45) is 0 Å². The molecule has 1 aliphatic heterocycles. The normalized spacial score (nSPS) is 17.4. The van der Waals surface area contributed by atoms with Gasteiger partial charge in [-0.15, -0.1) is 0 Å². The van der Waals surface area contributed by atoms with Gasteiger partial charge in [0.1, 0.15) is 5.76 Å². The zero-order valence-electron chi connectivity index (χ0n) is 11.4. The highest BCUT2D eigenvalue weighted by atomic mass is 16.7. The minimum absolute atomic E-state index is 0.171. The molecular formula is C15H16O5. The van der Waals surface area contributed by atoms with Gasteiger partial charge in [-0.05, 0) is 12.0 Å². The highest BCUT2D eigenvalue weighted by molar-refractivity contribution is 6.15. The van der Waals surface area contributed by atoms with Crippen LogP contribution in [0.3, 0.4) is 0 Å². The van der Waals surface area contributed by atoms with Crippen LogP contribution in [-0.4, -0.2) is 22.8 Å². The van der Waals surface area contributed by atoms with Crippen LogP contribution in [-0.2, 0) is 25.5 Å². The third-order valence-corrected chi connectivity index (χ3v) is 2.87. The lowest BCUT2D eigenvalue weighted by Crippen LogP contribution is -2.42. The molecule has 5 nitrogen and oxygen atoms in total. The number of hydrogen-bond donors (Lipinski definition) is 1. The predicted molar refractivity (Wildman–Crippen MR) is 70.7 cm³/mol. The number of hydrogen-bond acceptors (Lipinski definition) is 5. The van der Waals surface area contributed by atoms with Crippen molar-refractivity contribution in [3.63, 3.8) is 0 Å². The van der Waals surface area contributed by atoms with Crippen LogP contribution in [0.5, 0.6) is 0 Å². The van der Waals surface area contributed by atoms with Crippen LogP contribution in [0.25, 0.3) is 0 Å². The van der Waals surface area contributed by atoms with Crippen molar-refractivity contribution in [3.8, 4) is 0 Å². The predicted octanol–water partition coefficient (Wildman–Crippen LogP) is 2.27. The van der Waals surface area contributed by atoms with E-state index in [1.165, 1.54) is 13.8 Å². The summed E-state index contributed by atoms with van der Waals surface area (Å²) in [4.78, 5) is 23.5. The first-order valence-electron chi connectivity index (χ1n) is 6.32. The summed E-state index contributed by atoms with van der Waals surface area (Å²) in [6.45, 7) is 2.92. The number of benzene rings is 1. The van der Waals surface area contributed by atoms with E-state index in [2.05, 4.69) is 0 Å².